The van der Waals surface area contributed by atoms with E-state index in [1.54, 1.807) is 0 Å². The summed E-state index contributed by atoms with van der Waals surface area (Å²) >= 11 is 1.39. The van der Waals surface area contributed by atoms with Crippen molar-refractivity contribution in [1.29, 1.82) is 0 Å². The first-order chi connectivity index (χ1) is 16.4. The molecule has 3 aromatic rings. The summed E-state index contributed by atoms with van der Waals surface area (Å²) < 4.78 is 50.0. The van der Waals surface area contributed by atoms with Crippen LogP contribution < -0.4 is 10.1 Å². The molecule has 1 N–H and O–H groups in total. The molecule has 0 unspecified atom stereocenters. The molecule has 0 aliphatic rings. The van der Waals surface area contributed by atoms with Gasteiger partial charge >= 0.3 is 6.18 Å². The molecule has 2 aromatic carbocycles. The lowest BCUT2D eigenvalue weighted by molar-refractivity contribution is -0.137. The number of nitrogens with zero attached hydrogens (tertiary/aromatic N) is 1. The van der Waals surface area contributed by atoms with Gasteiger partial charge in [0, 0.05) is 17.8 Å². The number of halogens is 3. The second-order valence-electron chi connectivity index (χ2n) is 8.45. The zero-order chi connectivity index (χ0) is 25.8. The molecule has 35 heavy (non-hydrogen) atoms. The summed E-state index contributed by atoms with van der Waals surface area (Å²) in [6.07, 6.45) is -4.36. The van der Waals surface area contributed by atoms with Crippen molar-refractivity contribution in [2.75, 3.05) is 6.61 Å². The maximum Gasteiger partial charge on any atom is 0.416 e. The van der Waals surface area contributed by atoms with Crippen molar-refractivity contribution < 1.29 is 22.6 Å². The highest BCUT2D eigenvalue weighted by atomic mass is 32.1. The Morgan fingerprint density at radius 1 is 1.03 bits per heavy atom. The van der Waals surface area contributed by atoms with Gasteiger partial charge in [-0.2, -0.15) is 13.2 Å². The molecule has 1 aromatic heterocycles. The molecule has 0 atom stereocenters. The van der Waals surface area contributed by atoms with Crippen LogP contribution in [0.15, 0.2) is 67.4 Å². The molecule has 4 nitrogen and oxygen atoms in total. The Balaban J connectivity index is 1.62. The van der Waals surface area contributed by atoms with Crippen molar-refractivity contribution in [2.24, 2.45) is 0 Å². The van der Waals surface area contributed by atoms with E-state index in [2.05, 4.69) is 23.5 Å². The van der Waals surface area contributed by atoms with Crippen molar-refractivity contribution in [1.82, 2.24) is 10.3 Å². The van der Waals surface area contributed by atoms with E-state index in [0.717, 1.165) is 28.3 Å². The first-order valence-electron chi connectivity index (χ1n) is 11.1. The van der Waals surface area contributed by atoms with Crippen LogP contribution in [0.2, 0.25) is 0 Å². The van der Waals surface area contributed by atoms with E-state index in [1.807, 2.05) is 52.0 Å². The molecule has 0 saturated heterocycles. The lowest BCUT2D eigenvalue weighted by Crippen LogP contribution is -2.31. The smallest absolute Gasteiger partial charge is 0.416 e. The number of alkyl halides is 3. The molecule has 0 spiro atoms. The van der Waals surface area contributed by atoms with E-state index in [0.29, 0.717) is 40.9 Å². The number of rotatable bonds is 10. The number of aryl methyl sites for hydroxylation is 1. The molecular formula is C27H29F3N2O2S. The Hall–Kier alpha value is -3.26. The molecule has 1 heterocycles. The topological polar surface area (TPSA) is 43.4 Å². The third-order valence-electron chi connectivity index (χ3n) is 5.32. The van der Waals surface area contributed by atoms with Gasteiger partial charge in [0.05, 0.1) is 22.7 Å². The van der Waals surface area contributed by atoms with Gasteiger partial charge in [-0.05, 0) is 57.5 Å². The second-order valence-corrected chi connectivity index (χ2v) is 9.45. The molecule has 0 fully saturated rings. The molecule has 0 aliphatic heterocycles. The van der Waals surface area contributed by atoms with E-state index < -0.39 is 17.3 Å². The average Bonchev–Trinajstić information content (AvgIpc) is 3.19. The van der Waals surface area contributed by atoms with E-state index >= 15 is 0 Å². The van der Waals surface area contributed by atoms with Crippen LogP contribution in [0, 0.1) is 6.92 Å². The highest BCUT2D eigenvalue weighted by Gasteiger charge is 2.30. The van der Waals surface area contributed by atoms with E-state index in [4.69, 9.17) is 9.47 Å². The number of aromatic nitrogens is 1. The normalized spacial score (nSPS) is 11.7. The van der Waals surface area contributed by atoms with Crippen molar-refractivity contribution in [3.8, 4) is 16.3 Å². The fraction of sp³-hybridized carbons (Fsp3) is 0.296. The van der Waals surface area contributed by atoms with Gasteiger partial charge in [0.25, 0.3) is 0 Å². The quantitative estimate of drug-likeness (QED) is 0.290. The summed E-state index contributed by atoms with van der Waals surface area (Å²) in [5.74, 6) is 1.27. The molecule has 3 rings (SSSR count). The zero-order valence-corrected chi connectivity index (χ0v) is 21.1. The molecule has 8 heteroatoms. The summed E-state index contributed by atoms with van der Waals surface area (Å²) in [7, 11) is 0. The monoisotopic (exact) mass is 502 g/mol. The minimum absolute atomic E-state index is 0.533. The summed E-state index contributed by atoms with van der Waals surface area (Å²) in [6, 6.07) is 12.7. The average molecular weight is 503 g/mol. The summed E-state index contributed by atoms with van der Waals surface area (Å²) in [4.78, 5) is 5.38. The minimum Gasteiger partial charge on any atom is -0.495 e. The number of nitrogens with one attached hydrogen (secondary N) is 1. The van der Waals surface area contributed by atoms with Crippen molar-refractivity contribution in [2.45, 2.75) is 46.0 Å². The van der Waals surface area contributed by atoms with Gasteiger partial charge < -0.3 is 14.8 Å². The van der Waals surface area contributed by atoms with Gasteiger partial charge in [-0.3, -0.25) is 0 Å². The third-order valence-corrected chi connectivity index (χ3v) is 6.59. The highest BCUT2D eigenvalue weighted by molar-refractivity contribution is 7.16. The number of hydrogen-bond acceptors (Lipinski definition) is 5. The van der Waals surface area contributed by atoms with Crippen LogP contribution in [0.5, 0.6) is 5.75 Å². The Bertz CT molecular complexity index is 1180. The third kappa shape index (κ3) is 6.66. The van der Waals surface area contributed by atoms with Crippen molar-refractivity contribution >= 4 is 17.0 Å². The van der Waals surface area contributed by atoms with Gasteiger partial charge in [-0.25, -0.2) is 4.98 Å². The van der Waals surface area contributed by atoms with Crippen LogP contribution in [-0.2, 0) is 17.5 Å². The number of thiazole rings is 1. The van der Waals surface area contributed by atoms with E-state index in [1.165, 1.54) is 23.5 Å². The van der Waals surface area contributed by atoms with Crippen LogP contribution in [0.3, 0.4) is 0 Å². The Labute approximate surface area is 208 Å². The van der Waals surface area contributed by atoms with Crippen molar-refractivity contribution in [3.63, 3.8) is 0 Å². The van der Waals surface area contributed by atoms with Gasteiger partial charge in [0.2, 0.25) is 0 Å². The maximum atomic E-state index is 12.8. The van der Waals surface area contributed by atoms with E-state index in [9.17, 15) is 13.2 Å². The SMILES string of the molecule is C=C(NCc1ccc(OC(C)(C)C(=C)OCC)cc1)c1sc(-c2ccc(C(F)(F)F)cc2)nc1C. The first-order valence-corrected chi connectivity index (χ1v) is 11.9. The molecule has 0 saturated carbocycles. The summed E-state index contributed by atoms with van der Waals surface area (Å²) in [6.45, 7) is 16.7. The fourth-order valence-corrected chi connectivity index (χ4v) is 4.28. The van der Waals surface area contributed by atoms with Gasteiger partial charge in [0.1, 0.15) is 16.5 Å². The van der Waals surface area contributed by atoms with Gasteiger partial charge in [-0.15, -0.1) is 11.3 Å². The molecule has 0 radical (unpaired) electrons. The van der Waals surface area contributed by atoms with Crippen LogP contribution in [0.4, 0.5) is 13.2 Å². The molecule has 0 bridgehead atoms. The van der Waals surface area contributed by atoms with Gasteiger partial charge in [0.15, 0.2) is 5.60 Å². The Morgan fingerprint density at radius 2 is 1.66 bits per heavy atom. The molecule has 0 aliphatic carbocycles. The lowest BCUT2D eigenvalue weighted by Gasteiger charge is -2.28. The summed E-state index contributed by atoms with van der Waals surface area (Å²) in [5, 5.41) is 3.95. The lowest BCUT2D eigenvalue weighted by atomic mass is 10.1. The largest absolute Gasteiger partial charge is 0.495 e. The van der Waals surface area contributed by atoms with Crippen LogP contribution in [-0.4, -0.2) is 17.2 Å². The maximum absolute atomic E-state index is 12.8. The zero-order valence-electron chi connectivity index (χ0n) is 20.3. The van der Waals surface area contributed by atoms with Crippen molar-refractivity contribution in [3.05, 3.63) is 89.1 Å². The predicted molar refractivity (Wildman–Crippen MR) is 135 cm³/mol. The van der Waals surface area contributed by atoms with E-state index in [-0.39, 0.29) is 0 Å². The Morgan fingerprint density at radius 3 is 2.23 bits per heavy atom. The van der Waals surface area contributed by atoms with Crippen LogP contribution >= 0.6 is 11.3 Å². The molecule has 186 valence electrons. The number of ether oxygens (including phenoxy) is 2. The molecule has 0 amide bonds. The first kappa shape index (κ1) is 26.3. The highest BCUT2D eigenvalue weighted by Crippen LogP contribution is 2.34. The fourth-order valence-electron chi connectivity index (χ4n) is 3.27. The Kier molecular flexibility index (Phi) is 7.95. The second kappa shape index (κ2) is 10.6. The van der Waals surface area contributed by atoms with Crippen LogP contribution in [0.25, 0.3) is 16.3 Å². The summed E-state index contributed by atoms with van der Waals surface area (Å²) in [5.41, 5.74) is 1.80. The number of hydrogen-bond donors (Lipinski definition) is 1. The predicted octanol–water partition coefficient (Wildman–Crippen LogP) is 7.61. The standard InChI is InChI=1S/C27H29F3N2O2S/c1-7-33-19(4)26(5,6)34-23-14-8-20(9-15-23)16-31-17(2)24-18(3)32-25(35-24)21-10-12-22(13-11-21)27(28,29)30/h8-15,31H,2,4,7,16H2,1,3,5-6H3. The number of benzene rings is 2. The minimum atomic E-state index is -4.36. The van der Waals surface area contributed by atoms with Gasteiger partial charge in [-0.1, -0.05) is 37.4 Å². The molecular weight excluding hydrogens is 473 g/mol. The van der Waals surface area contributed by atoms with Crippen LogP contribution in [0.1, 0.15) is 42.5 Å².